The minimum atomic E-state index is 0.00314. The normalized spacial score (nSPS) is 12.4. The van der Waals surface area contributed by atoms with Crippen molar-refractivity contribution in [3.05, 3.63) is 118 Å². The molecule has 34 heavy (non-hydrogen) atoms. The molecule has 0 bridgehead atoms. The summed E-state index contributed by atoms with van der Waals surface area (Å²) in [7, 11) is 2.02. The van der Waals surface area contributed by atoms with E-state index in [0.717, 1.165) is 33.3 Å². The molecule has 2 aromatic heterocycles. The topological polar surface area (TPSA) is 63.3 Å². The molecule has 0 aliphatic heterocycles. The van der Waals surface area contributed by atoms with Gasteiger partial charge in [0.15, 0.2) is 0 Å². The molecular weight excluding hydrogens is 444 g/mol. The molecule has 6 heteroatoms. The van der Waals surface area contributed by atoms with Gasteiger partial charge in [-0.15, -0.1) is 0 Å². The lowest BCUT2D eigenvalue weighted by Crippen LogP contribution is -2.08. The van der Waals surface area contributed by atoms with Crippen molar-refractivity contribution in [3.8, 4) is 11.1 Å². The zero-order chi connectivity index (χ0) is 23.7. The second kappa shape index (κ2) is 9.12. The number of aryl methyl sites for hydroxylation is 2. The van der Waals surface area contributed by atoms with E-state index in [0.29, 0.717) is 10.7 Å². The Balaban J connectivity index is 1.76. The number of halogens is 1. The van der Waals surface area contributed by atoms with Gasteiger partial charge >= 0.3 is 0 Å². The van der Waals surface area contributed by atoms with Crippen LogP contribution in [0.5, 0.6) is 0 Å². The molecule has 0 saturated heterocycles. The van der Waals surface area contributed by atoms with Crippen molar-refractivity contribution in [1.29, 1.82) is 0 Å². The molecule has 0 aliphatic carbocycles. The summed E-state index contributed by atoms with van der Waals surface area (Å²) in [4.78, 5) is 9.06. The van der Waals surface area contributed by atoms with E-state index < -0.39 is 0 Å². The van der Waals surface area contributed by atoms with Crippen LogP contribution in [0.15, 0.2) is 90.5 Å². The molecule has 2 heterocycles. The number of aromatic nitrogens is 3. The first kappa shape index (κ1) is 21.9. The van der Waals surface area contributed by atoms with E-state index in [4.69, 9.17) is 16.8 Å². The molecule has 1 N–H and O–H groups in total. The second-order valence-electron chi connectivity index (χ2n) is 8.40. The summed E-state index contributed by atoms with van der Waals surface area (Å²) in [6.45, 7) is 2.09. The summed E-state index contributed by atoms with van der Waals surface area (Å²) in [5.41, 5.74) is 7.96. The molecular formula is C28H23ClN4O. The van der Waals surface area contributed by atoms with Gasteiger partial charge in [0.1, 0.15) is 0 Å². The Labute approximate surface area is 203 Å². The first-order valence-corrected chi connectivity index (χ1v) is 11.3. The van der Waals surface area contributed by atoms with E-state index >= 15 is 0 Å². The fourth-order valence-corrected chi connectivity index (χ4v) is 4.59. The highest BCUT2D eigenvalue weighted by atomic mass is 35.5. The van der Waals surface area contributed by atoms with Crippen molar-refractivity contribution in [3.63, 3.8) is 0 Å². The highest BCUT2D eigenvalue weighted by Gasteiger charge is 2.21. The lowest BCUT2D eigenvalue weighted by atomic mass is 9.86. The summed E-state index contributed by atoms with van der Waals surface area (Å²) in [6.07, 6.45) is 5.09. The number of pyridine rings is 1. The van der Waals surface area contributed by atoms with Crippen LogP contribution >= 0.6 is 11.6 Å². The Morgan fingerprint density at radius 2 is 1.79 bits per heavy atom. The van der Waals surface area contributed by atoms with Gasteiger partial charge in [0.25, 0.3) is 0 Å². The summed E-state index contributed by atoms with van der Waals surface area (Å²) >= 11 is 6.31. The monoisotopic (exact) mass is 466 g/mol. The molecule has 5 aromatic rings. The van der Waals surface area contributed by atoms with Gasteiger partial charge in [0.2, 0.25) is 0 Å². The predicted molar refractivity (Wildman–Crippen MR) is 137 cm³/mol. The first-order chi connectivity index (χ1) is 16.5. The summed E-state index contributed by atoms with van der Waals surface area (Å²) in [6, 6.07) is 24.6. The lowest BCUT2D eigenvalue weighted by molar-refractivity contribution is 0.321. The Morgan fingerprint density at radius 3 is 2.50 bits per heavy atom. The molecule has 0 fully saturated rings. The molecule has 1 atom stereocenters. The van der Waals surface area contributed by atoms with Crippen molar-refractivity contribution in [1.82, 2.24) is 14.5 Å². The van der Waals surface area contributed by atoms with Crippen LogP contribution in [-0.2, 0) is 7.05 Å². The largest absolute Gasteiger partial charge is 0.411 e. The summed E-state index contributed by atoms with van der Waals surface area (Å²) < 4.78 is 2.06. The van der Waals surface area contributed by atoms with E-state index in [9.17, 15) is 0 Å². The highest BCUT2D eigenvalue weighted by molar-refractivity contribution is 6.30. The van der Waals surface area contributed by atoms with E-state index in [-0.39, 0.29) is 5.92 Å². The van der Waals surface area contributed by atoms with Gasteiger partial charge in [0, 0.05) is 29.3 Å². The zero-order valence-electron chi connectivity index (χ0n) is 18.9. The average molecular weight is 467 g/mol. The Morgan fingerprint density at radius 1 is 1.00 bits per heavy atom. The van der Waals surface area contributed by atoms with Gasteiger partial charge in [-0.2, -0.15) is 0 Å². The fraction of sp³-hybridized carbons (Fsp3) is 0.107. The van der Waals surface area contributed by atoms with E-state index in [2.05, 4.69) is 63.0 Å². The quantitative estimate of drug-likeness (QED) is 0.180. The van der Waals surface area contributed by atoms with Gasteiger partial charge < -0.3 is 9.77 Å². The van der Waals surface area contributed by atoms with Crippen LogP contribution in [0.4, 0.5) is 0 Å². The van der Waals surface area contributed by atoms with Crippen LogP contribution in [-0.4, -0.2) is 26.0 Å². The van der Waals surface area contributed by atoms with Gasteiger partial charge in [-0.05, 0) is 59.5 Å². The maximum absolute atomic E-state index is 9.09. The van der Waals surface area contributed by atoms with E-state index in [1.54, 1.807) is 0 Å². The minimum Gasteiger partial charge on any atom is -0.411 e. The molecule has 5 rings (SSSR count). The van der Waals surface area contributed by atoms with Crippen LogP contribution < -0.4 is 0 Å². The molecule has 168 valence electrons. The molecule has 5 nitrogen and oxygen atoms in total. The Kier molecular flexibility index (Phi) is 5.86. The predicted octanol–water partition coefficient (Wildman–Crippen LogP) is 6.59. The average Bonchev–Trinajstić information content (AvgIpc) is 3.25. The van der Waals surface area contributed by atoms with E-state index in [1.807, 2.05) is 56.0 Å². The van der Waals surface area contributed by atoms with Crippen LogP contribution in [0.25, 0.3) is 22.0 Å². The number of fused-ring (bicyclic) bond motifs is 1. The Bertz CT molecular complexity index is 1510. The van der Waals surface area contributed by atoms with Crippen molar-refractivity contribution in [2.45, 2.75) is 12.8 Å². The van der Waals surface area contributed by atoms with E-state index in [1.165, 1.54) is 17.3 Å². The molecule has 0 amide bonds. The standard InChI is InChI=1S/C28H23ClN4O/c1-18-6-8-19(9-7-18)28(27-16-30-17-33(27)2)21-10-11-26-25(13-21)24(14-23(32-26)15-31-34)20-4-3-5-22(29)12-20/h3-17,28,34H,1-2H3/b31-15+. The minimum absolute atomic E-state index is 0.00314. The first-order valence-electron chi connectivity index (χ1n) is 10.9. The number of oxime groups is 1. The maximum atomic E-state index is 9.09. The maximum Gasteiger partial charge on any atom is 0.0945 e. The summed E-state index contributed by atoms with van der Waals surface area (Å²) in [5.74, 6) is 0.00314. The van der Waals surface area contributed by atoms with Gasteiger partial charge in [-0.3, -0.25) is 0 Å². The third-order valence-electron chi connectivity index (χ3n) is 6.07. The van der Waals surface area contributed by atoms with Crippen LogP contribution in [0.3, 0.4) is 0 Å². The van der Waals surface area contributed by atoms with Crippen LogP contribution in [0, 0.1) is 6.92 Å². The number of hydrogen-bond acceptors (Lipinski definition) is 4. The number of benzene rings is 3. The molecule has 0 aliphatic rings. The SMILES string of the molecule is Cc1ccc(C(c2ccc3nc(/C=N/O)cc(-c4cccc(Cl)c4)c3c2)c2cncn2C)cc1. The van der Waals surface area contributed by atoms with Crippen LogP contribution in [0.2, 0.25) is 5.02 Å². The summed E-state index contributed by atoms with van der Waals surface area (Å²) in [5, 5.41) is 13.9. The molecule has 1 unspecified atom stereocenters. The number of hydrogen-bond donors (Lipinski definition) is 1. The molecule has 0 radical (unpaired) electrons. The number of rotatable bonds is 5. The molecule has 3 aromatic carbocycles. The van der Waals surface area contributed by atoms with Crippen molar-refractivity contribution in [2.75, 3.05) is 0 Å². The van der Waals surface area contributed by atoms with Gasteiger partial charge in [-0.25, -0.2) is 9.97 Å². The Hall–Kier alpha value is -3.96. The molecule has 0 saturated carbocycles. The zero-order valence-corrected chi connectivity index (χ0v) is 19.6. The molecule has 0 spiro atoms. The van der Waals surface area contributed by atoms with Gasteiger partial charge in [0.05, 0.1) is 29.7 Å². The highest BCUT2D eigenvalue weighted by Crippen LogP contribution is 2.36. The second-order valence-corrected chi connectivity index (χ2v) is 8.84. The van der Waals surface area contributed by atoms with Gasteiger partial charge in [-0.1, -0.05) is 64.8 Å². The van der Waals surface area contributed by atoms with Crippen molar-refractivity contribution < 1.29 is 5.21 Å². The third-order valence-corrected chi connectivity index (χ3v) is 6.31. The van der Waals surface area contributed by atoms with Crippen molar-refractivity contribution >= 4 is 28.7 Å². The lowest BCUT2D eigenvalue weighted by Gasteiger charge is -2.20. The smallest absolute Gasteiger partial charge is 0.0945 e. The van der Waals surface area contributed by atoms with Crippen molar-refractivity contribution in [2.24, 2.45) is 12.2 Å². The van der Waals surface area contributed by atoms with Crippen LogP contribution in [0.1, 0.15) is 34.0 Å². The third kappa shape index (κ3) is 4.18. The number of nitrogens with zero attached hydrogens (tertiary/aromatic N) is 4. The number of imidazole rings is 1. The fourth-order valence-electron chi connectivity index (χ4n) is 4.40.